The summed E-state index contributed by atoms with van der Waals surface area (Å²) >= 11 is 1.78. The summed E-state index contributed by atoms with van der Waals surface area (Å²) in [4.78, 5) is 20.9. The molecule has 2 heterocycles. The standard InChI is InChI=1S/C15H26N4OS/c1-3-5-15-17-13(12-21-15)10-18-6-8-19(9-7-18)11-14(20)16-4-2/h12H,3-11H2,1-2H3,(H,16,20). The van der Waals surface area contributed by atoms with Crippen LogP contribution < -0.4 is 5.32 Å². The predicted octanol–water partition coefficient (Wildman–Crippen LogP) is 1.35. The molecule has 6 heteroatoms. The van der Waals surface area contributed by atoms with E-state index in [4.69, 9.17) is 0 Å². The van der Waals surface area contributed by atoms with Gasteiger partial charge in [-0.3, -0.25) is 14.6 Å². The minimum atomic E-state index is 0.134. The quantitative estimate of drug-likeness (QED) is 0.826. The number of piperazine rings is 1. The van der Waals surface area contributed by atoms with E-state index >= 15 is 0 Å². The lowest BCUT2D eigenvalue weighted by molar-refractivity contribution is -0.122. The first-order valence-corrected chi connectivity index (χ1v) is 8.74. The van der Waals surface area contributed by atoms with E-state index in [1.165, 1.54) is 10.7 Å². The fraction of sp³-hybridized carbons (Fsp3) is 0.733. The molecule has 0 atom stereocenters. The number of rotatable bonds is 7. The Bertz CT molecular complexity index is 441. The Morgan fingerprint density at radius 2 is 2.00 bits per heavy atom. The van der Waals surface area contributed by atoms with Crippen LogP contribution in [-0.4, -0.2) is 60.0 Å². The molecule has 1 N–H and O–H groups in total. The first-order chi connectivity index (χ1) is 10.2. The van der Waals surface area contributed by atoms with Crippen molar-refractivity contribution in [2.75, 3.05) is 39.3 Å². The maximum absolute atomic E-state index is 11.6. The van der Waals surface area contributed by atoms with Crippen molar-refractivity contribution in [3.05, 3.63) is 16.1 Å². The summed E-state index contributed by atoms with van der Waals surface area (Å²) in [7, 11) is 0. The van der Waals surface area contributed by atoms with Crippen molar-refractivity contribution in [1.29, 1.82) is 0 Å². The molecule has 0 unspecified atom stereocenters. The van der Waals surface area contributed by atoms with E-state index in [2.05, 4.69) is 32.4 Å². The third-order valence-electron chi connectivity index (χ3n) is 3.65. The number of aryl methyl sites for hydroxylation is 1. The largest absolute Gasteiger partial charge is 0.355 e. The highest BCUT2D eigenvalue weighted by Gasteiger charge is 2.19. The Hall–Kier alpha value is -0.980. The Labute approximate surface area is 131 Å². The third kappa shape index (κ3) is 5.37. The van der Waals surface area contributed by atoms with Crippen molar-refractivity contribution >= 4 is 17.2 Å². The van der Waals surface area contributed by atoms with Crippen LogP contribution in [0.2, 0.25) is 0 Å². The van der Waals surface area contributed by atoms with E-state index < -0.39 is 0 Å². The van der Waals surface area contributed by atoms with Gasteiger partial charge in [0.15, 0.2) is 0 Å². The molecule has 1 saturated heterocycles. The SMILES string of the molecule is CCCc1nc(CN2CCN(CC(=O)NCC)CC2)cs1. The van der Waals surface area contributed by atoms with Gasteiger partial charge < -0.3 is 5.32 Å². The number of carbonyl (C=O) groups is 1. The zero-order valence-electron chi connectivity index (χ0n) is 13.1. The molecule has 1 aliphatic rings. The first-order valence-electron chi connectivity index (χ1n) is 7.86. The second kappa shape index (κ2) is 8.46. The van der Waals surface area contributed by atoms with Gasteiger partial charge in [-0.15, -0.1) is 11.3 Å². The average molecular weight is 310 g/mol. The zero-order valence-corrected chi connectivity index (χ0v) is 13.9. The molecule has 0 radical (unpaired) electrons. The monoisotopic (exact) mass is 310 g/mol. The van der Waals surface area contributed by atoms with Crippen LogP contribution in [0, 0.1) is 0 Å². The van der Waals surface area contributed by atoms with E-state index in [-0.39, 0.29) is 5.91 Å². The van der Waals surface area contributed by atoms with Crippen LogP contribution in [0.1, 0.15) is 31.0 Å². The molecular formula is C15H26N4OS. The summed E-state index contributed by atoms with van der Waals surface area (Å²) in [5.41, 5.74) is 1.20. The van der Waals surface area contributed by atoms with E-state index in [1.807, 2.05) is 6.92 Å². The molecule has 5 nitrogen and oxygen atoms in total. The molecule has 21 heavy (non-hydrogen) atoms. The smallest absolute Gasteiger partial charge is 0.234 e. The molecule has 1 aliphatic heterocycles. The van der Waals surface area contributed by atoms with Gasteiger partial charge in [0, 0.05) is 44.6 Å². The van der Waals surface area contributed by atoms with Gasteiger partial charge in [0.2, 0.25) is 5.91 Å². The number of amides is 1. The number of hydrogen-bond acceptors (Lipinski definition) is 5. The number of nitrogens with one attached hydrogen (secondary N) is 1. The Kier molecular flexibility index (Phi) is 6.60. The van der Waals surface area contributed by atoms with Crippen LogP contribution in [0.4, 0.5) is 0 Å². The second-order valence-corrected chi connectivity index (χ2v) is 6.43. The average Bonchev–Trinajstić information content (AvgIpc) is 2.89. The maximum Gasteiger partial charge on any atom is 0.234 e. The Balaban J connectivity index is 1.72. The van der Waals surface area contributed by atoms with Crippen molar-refractivity contribution in [1.82, 2.24) is 20.1 Å². The molecular weight excluding hydrogens is 284 g/mol. The minimum Gasteiger partial charge on any atom is -0.355 e. The van der Waals surface area contributed by atoms with Gasteiger partial charge in [-0.2, -0.15) is 0 Å². The number of hydrogen-bond donors (Lipinski definition) is 1. The van der Waals surface area contributed by atoms with Gasteiger partial charge in [0.1, 0.15) is 0 Å². The van der Waals surface area contributed by atoms with Crippen molar-refractivity contribution in [3.63, 3.8) is 0 Å². The Morgan fingerprint density at radius 3 is 2.67 bits per heavy atom. The maximum atomic E-state index is 11.6. The van der Waals surface area contributed by atoms with Crippen molar-refractivity contribution in [3.8, 4) is 0 Å². The molecule has 0 aromatic carbocycles. The molecule has 1 amide bonds. The lowest BCUT2D eigenvalue weighted by Gasteiger charge is -2.33. The molecule has 1 aromatic rings. The second-order valence-electron chi connectivity index (χ2n) is 5.49. The number of thiazole rings is 1. The first kappa shape index (κ1) is 16.4. The molecule has 2 rings (SSSR count). The van der Waals surface area contributed by atoms with Crippen molar-refractivity contribution < 1.29 is 4.79 Å². The lowest BCUT2D eigenvalue weighted by atomic mass is 10.3. The lowest BCUT2D eigenvalue weighted by Crippen LogP contribution is -2.49. The van der Waals surface area contributed by atoms with E-state index in [0.717, 1.165) is 45.6 Å². The summed E-state index contributed by atoms with van der Waals surface area (Å²) in [6.07, 6.45) is 2.25. The van der Waals surface area contributed by atoms with Gasteiger partial charge in [0.05, 0.1) is 17.2 Å². The highest BCUT2D eigenvalue weighted by atomic mass is 32.1. The van der Waals surface area contributed by atoms with Crippen LogP contribution in [0.5, 0.6) is 0 Å². The van der Waals surface area contributed by atoms with Crippen molar-refractivity contribution in [2.24, 2.45) is 0 Å². The third-order valence-corrected chi connectivity index (χ3v) is 4.61. The normalized spacial score (nSPS) is 17.0. The molecule has 1 fully saturated rings. The molecule has 0 aliphatic carbocycles. The summed E-state index contributed by atoms with van der Waals surface area (Å²) in [6.45, 7) is 10.3. The fourth-order valence-corrected chi connectivity index (χ4v) is 3.43. The van der Waals surface area contributed by atoms with Crippen LogP contribution in [0.3, 0.4) is 0 Å². The molecule has 118 valence electrons. The van der Waals surface area contributed by atoms with Gasteiger partial charge in [-0.25, -0.2) is 4.98 Å². The zero-order chi connectivity index (χ0) is 15.1. The van der Waals surface area contributed by atoms with Crippen LogP contribution in [-0.2, 0) is 17.8 Å². The van der Waals surface area contributed by atoms with Crippen LogP contribution >= 0.6 is 11.3 Å². The van der Waals surface area contributed by atoms with Gasteiger partial charge in [-0.1, -0.05) is 6.92 Å². The fourth-order valence-electron chi connectivity index (χ4n) is 2.54. The summed E-state index contributed by atoms with van der Waals surface area (Å²) in [5, 5.41) is 6.29. The van der Waals surface area contributed by atoms with Gasteiger partial charge in [0.25, 0.3) is 0 Å². The van der Waals surface area contributed by atoms with Crippen LogP contribution in [0.25, 0.3) is 0 Å². The van der Waals surface area contributed by atoms with Gasteiger partial charge in [-0.05, 0) is 19.8 Å². The van der Waals surface area contributed by atoms with E-state index in [9.17, 15) is 4.79 Å². The summed E-state index contributed by atoms with van der Waals surface area (Å²) < 4.78 is 0. The minimum absolute atomic E-state index is 0.134. The van der Waals surface area contributed by atoms with E-state index in [0.29, 0.717) is 13.1 Å². The molecule has 1 aromatic heterocycles. The number of aromatic nitrogens is 1. The highest BCUT2D eigenvalue weighted by Crippen LogP contribution is 2.14. The predicted molar refractivity (Wildman–Crippen MR) is 86.5 cm³/mol. The number of likely N-dealkylation sites (N-methyl/N-ethyl adjacent to an activating group) is 1. The van der Waals surface area contributed by atoms with E-state index in [1.54, 1.807) is 11.3 Å². The molecule has 0 bridgehead atoms. The molecule has 0 spiro atoms. The molecule has 0 saturated carbocycles. The topological polar surface area (TPSA) is 48.5 Å². The number of nitrogens with zero attached hydrogens (tertiary/aromatic N) is 3. The number of carbonyl (C=O) groups excluding carboxylic acids is 1. The summed E-state index contributed by atoms with van der Waals surface area (Å²) in [5.74, 6) is 0.134. The highest BCUT2D eigenvalue weighted by molar-refractivity contribution is 7.09. The van der Waals surface area contributed by atoms with Crippen LogP contribution in [0.15, 0.2) is 5.38 Å². The Morgan fingerprint density at radius 1 is 1.29 bits per heavy atom. The van der Waals surface area contributed by atoms with Crippen molar-refractivity contribution in [2.45, 2.75) is 33.2 Å². The van der Waals surface area contributed by atoms with Gasteiger partial charge >= 0.3 is 0 Å². The summed E-state index contributed by atoms with van der Waals surface area (Å²) in [6, 6.07) is 0.